The molecule has 0 saturated heterocycles. The molecule has 5 amide bonds. The largest absolute Gasteiger partial charge is 0.481 e. The van der Waals surface area contributed by atoms with E-state index < -0.39 is 71.9 Å². The number of rotatable bonds is 15. The molecule has 14 nitrogen and oxygen atoms in total. The van der Waals surface area contributed by atoms with Crippen molar-refractivity contribution in [3.05, 3.63) is 84.1 Å². The molecule has 0 radical (unpaired) electrons. The van der Waals surface area contributed by atoms with Crippen LogP contribution in [0.1, 0.15) is 70.4 Å². The van der Waals surface area contributed by atoms with Gasteiger partial charge in [-0.3, -0.25) is 24.0 Å². The van der Waals surface area contributed by atoms with Crippen molar-refractivity contribution in [1.29, 1.82) is 0 Å². The molecule has 5 rings (SSSR count). The molecule has 1 saturated carbocycles. The lowest BCUT2D eigenvalue weighted by atomic mass is 9.82. The number of aromatic nitrogens is 1. The summed E-state index contributed by atoms with van der Waals surface area (Å²) in [5, 5.41) is 20.4. The number of primary amides is 1. The van der Waals surface area contributed by atoms with Gasteiger partial charge in [0.15, 0.2) is 0 Å². The van der Waals surface area contributed by atoms with Gasteiger partial charge in [0.05, 0.1) is 6.42 Å². The normalized spacial score (nSPS) is 15.6. The van der Waals surface area contributed by atoms with Crippen LogP contribution in [0.25, 0.3) is 21.7 Å². The number of hydrogen-bond donors (Lipinski definition) is 6. The van der Waals surface area contributed by atoms with Crippen molar-refractivity contribution in [2.45, 2.75) is 102 Å². The van der Waals surface area contributed by atoms with Gasteiger partial charge in [-0.25, -0.2) is 4.79 Å². The van der Waals surface area contributed by atoms with E-state index in [9.17, 15) is 33.9 Å². The quantitative estimate of drug-likeness (QED) is 0.102. The van der Waals surface area contributed by atoms with Crippen molar-refractivity contribution in [2.24, 2.45) is 11.7 Å². The Kier molecular flexibility index (Phi) is 13.4. The molecule has 56 heavy (non-hydrogen) atoms. The highest BCUT2D eigenvalue weighted by Gasteiger charge is 2.40. The van der Waals surface area contributed by atoms with Gasteiger partial charge in [-0.15, -0.1) is 0 Å². The van der Waals surface area contributed by atoms with Crippen molar-refractivity contribution in [1.82, 2.24) is 25.8 Å². The van der Waals surface area contributed by atoms with Gasteiger partial charge >= 0.3 is 12.1 Å². The number of nitrogens with one attached hydrogen (secondary N) is 4. The van der Waals surface area contributed by atoms with Crippen LogP contribution >= 0.6 is 0 Å². The standard InChI is InChI=1S/C42H52N6O8/c1-42(2,3)56-41(55)47-34(22-28-24-44-31-20-11-10-19-30(28)31)40(54)48(4)36(26-14-6-5-7-15-26)39(53)46-33(23-35(49)50)38(52)45-32(37(43)51)21-27-17-12-16-25-13-8-9-18-29(25)27/h8-13,16-20,24,26,32-34,36,44H,5-7,14-15,21-23H2,1-4H3,(H2,43,51)(H,45,52)(H,46,53)(H,47,55)(H,49,50)/t32-,33-,34-,36-/m0/s1. The lowest BCUT2D eigenvalue weighted by Gasteiger charge is -2.38. The Morgan fingerprint density at radius 2 is 1.43 bits per heavy atom. The fraction of sp³-hybridized carbons (Fsp3) is 0.429. The maximum absolute atomic E-state index is 14.5. The number of ether oxygens (including phenoxy) is 1. The number of hydrogen-bond acceptors (Lipinski definition) is 7. The van der Waals surface area contributed by atoms with Gasteiger partial charge < -0.3 is 41.4 Å². The minimum absolute atomic E-state index is 0.0283. The zero-order chi connectivity index (χ0) is 40.6. The van der Waals surface area contributed by atoms with E-state index in [-0.39, 0.29) is 18.8 Å². The number of nitrogens with zero attached hydrogens (tertiary/aromatic N) is 1. The molecule has 298 valence electrons. The number of fused-ring (bicyclic) bond motifs is 2. The van der Waals surface area contributed by atoms with E-state index in [2.05, 4.69) is 20.9 Å². The fourth-order valence-electron chi connectivity index (χ4n) is 7.54. The third-order valence-electron chi connectivity index (χ3n) is 10.2. The third kappa shape index (κ3) is 10.6. The number of carboxylic acids is 1. The van der Waals surface area contributed by atoms with Crippen LogP contribution in [0.15, 0.2) is 72.9 Å². The first-order valence-electron chi connectivity index (χ1n) is 19.0. The second-order valence-corrected chi connectivity index (χ2v) is 15.5. The molecule has 14 heteroatoms. The summed E-state index contributed by atoms with van der Waals surface area (Å²) < 4.78 is 5.51. The number of carbonyl (C=O) groups excluding carboxylic acids is 5. The van der Waals surface area contributed by atoms with E-state index in [1.54, 1.807) is 27.0 Å². The van der Waals surface area contributed by atoms with Crippen LogP contribution in [-0.4, -0.2) is 87.5 Å². The first kappa shape index (κ1) is 41.2. The van der Waals surface area contributed by atoms with Crippen LogP contribution in [0.3, 0.4) is 0 Å². The van der Waals surface area contributed by atoms with Gasteiger partial charge in [-0.1, -0.05) is 79.9 Å². The number of aliphatic carboxylic acids is 1. The Morgan fingerprint density at radius 1 is 0.804 bits per heavy atom. The summed E-state index contributed by atoms with van der Waals surface area (Å²) in [5.41, 5.74) is 7.22. The van der Waals surface area contributed by atoms with Crippen molar-refractivity contribution in [2.75, 3.05) is 7.05 Å². The number of benzene rings is 3. The van der Waals surface area contributed by atoms with E-state index >= 15 is 0 Å². The topological polar surface area (TPSA) is 213 Å². The highest BCUT2D eigenvalue weighted by Crippen LogP contribution is 2.30. The lowest BCUT2D eigenvalue weighted by molar-refractivity contribution is -0.145. The third-order valence-corrected chi connectivity index (χ3v) is 10.2. The molecule has 0 bridgehead atoms. The summed E-state index contributed by atoms with van der Waals surface area (Å²) in [6, 6.07) is 15.5. The van der Waals surface area contributed by atoms with E-state index in [1.807, 2.05) is 66.7 Å². The number of H-pyrrole nitrogens is 1. The molecule has 1 aromatic heterocycles. The van der Waals surface area contributed by atoms with Gasteiger partial charge in [-0.2, -0.15) is 0 Å². The van der Waals surface area contributed by atoms with Crippen LogP contribution in [-0.2, 0) is 41.6 Å². The molecule has 4 atom stereocenters. The molecule has 0 aliphatic heterocycles. The molecule has 1 heterocycles. The van der Waals surface area contributed by atoms with Crippen LogP contribution in [0.4, 0.5) is 4.79 Å². The molecule has 1 aliphatic rings. The fourth-order valence-corrected chi connectivity index (χ4v) is 7.54. The predicted octanol–water partition coefficient (Wildman–Crippen LogP) is 4.34. The second-order valence-electron chi connectivity index (χ2n) is 15.5. The van der Waals surface area contributed by atoms with Gasteiger partial charge in [0.2, 0.25) is 23.6 Å². The van der Waals surface area contributed by atoms with E-state index in [0.29, 0.717) is 12.8 Å². The number of aromatic amines is 1. The molecule has 0 unspecified atom stereocenters. The van der Waals surface area contributed by atoms with Crippen LogP contribution in [0.5, 0.6) is 0 Å². The maximum Gasteiger partial charge on any atom is 0.408 e. The van der Waals surface area contributed by atoms with Crippen molar-refractivity contribution in [3.8, 4) is 0 Å². The molecular formula is C42H52N6O8. The predicted molar refractivity (Wildman–Crippen MR) is 211 cm³/mol. The average molecular weight is 769 g/mol. The maximum atomic E-state index is 14.5. The number of carboxylic acid groups (broad SMARTS) is 1. The SMILES string of the molecule is CN(C(=O)[C@H](Cc1c[nH]c2ccccc12)NC(=O)OC(C)(C)C)[C@H](C(=O)N[C@@H](CC(=O)O)C(=O)N[C@@H](Cc1cccc2ccccc12)C(N)=O)C1CCCCC1. The molecular weight excluding hydrogens is 716 g/mol. The Balaban J connectivity index is 1.40. The minimum Gasteiger partial charge on any atom is -0.481 e. The number of alkyl carbamates (subject to hydrolysis) is 1. The molecule has 0 spiro atoms. The van der Waals surface area contributed by atoms with Crippen molar-refractivity contribution in [3.63, 3.8) is 0 Å². The Labute approximate surface area is 325 Å². The zero-order valence-electron chi connectivity index (χ0n) is 32.3. The van der Waals surface area contributed by atoms with E-state index in [0.717, 1.165) is 52.1 Å². The first-order valence-corrected chi connectivity index (χ1v) is 19.0. The van der Waals surface area contributed by atoms with E-state index in [1.165, 1.54) is 11.9 Å². The average Bonchev–Trinajstić information content (AvgIpc) is 3.55. The first-order chi connectivity index (χ1) is 26.6. The number of likely N-dealkylation sites (N-methyl/N-ethyl adjacent to an activating group) is 1. The number of carbonyl (C=O) groups is 6. The Hall–Kier alpha value is -5.92. The van der Waals surface area contributed by atoms with Gasteiger partial charge in [0.25, 0.3) is 0 Å². The highest BCUT2D eigenvalue weighted by molar-refractivity contribution is 5.97. The zero-order valence-corrected chi connectivity index (χ0v) is 32.3. The number of para-hydroxylation sites is 1. The van der Waals surface area contributed by atoms with Crippen molar-refractivity contribution >= 4 is 57.4 Å². The van der Waals surface area contributed by atoms with Gasteiger partial charge in [-0.05, 0) is 67.5 Å². The van der Waals surface area contributed by atoms with Crippen LogP contribution in [0.2, 0.25) is 0 Å². The Bertz CT molecular complexity index is 2060. The summed E-state index contributed by atoms with van der Waals surface area (Å²) in [7, 11) is 1.47. The number of amides is 5. The summed E-state index contributed by atoms with van der Waals surface area (Å²) >= 11 is 0. The summed E-state index contributed by atoms with van der Waals surface area (Å²) in [5.74, 6) is -4.75. The van der Waals surface area contributed by atoms with Gasteiger partial charge in [0, 0.05) is 37.0 Å². The van der Waals surface area contributed by atoms with E-state index in [4.69, 9.17) is 10.5 Å². The lowest BCUT2D eigenvalue weighted by Crippen LogP contribution is -2.61. The summed E-state index contributed by atoms with van der Waals surface area (Å²) in [6.45, 7) is 5.12. The van der Waals surface area contributed by atoms with Crippen molar-refractivity contribution < 1.29 is 38.6 Å². The van der Waals surface area contributed by atoms with Gasteiger partial charge in [0.1, 0.15) is 29.8 Å². The molecule has 1 fully saturated rings. The monoisotopic (exact) mass is 768 g/mol. The smallest absolute Gasteiger partial charge is 0.408 e. The Morgan fingerprint density at radius 3 is 2.11 bits per heavy atom. The number of nitrogens with two attached hydrogens (primary N) is 1. The van der Waals surface area contributed by atoms with Crippen LogP contribution < -0.4 is 21.7 Å². The molecule has 7 N–H and O–H groups in total. The second kappa shape index (κ2) is 18.1. The molecule has 4 aromatic rings. The summed E-state index contributed by atoms with van der Waals surface area (Å²) in [4.78, 5) is 85.0. The minimum atomic E-state index is -1.61. The van der Waals surface area contributed by atoms with Crippen LogP contribution in [0, 0.1) is 5.92 Å². The summed E-state index contributed by atoms with van der Waals surface area (Å²) in [6.07, 6.45) is 4.02. The highest BCUT2D eigenvalue weighted by atomic mass is 16.6. The molecule has 1 aliphatic carbocycles. The molecule has 3 aromatic carbocycles.